The molecule has 0 saturated heterocycles. The standard InChI is InChI=1S/C7H16O6/c1-6(9-2,10-3)7(11-4,12-5)13-8/h8H,1-5H3. The van der Waals surface area contributed by atoms with Crippen LogP contribution < -0.4 is 0 Å². The lowest BCUT2D eigenvalue weighted by Gasteiger charge is -2.39. The smallest absolute Gasteiger partial charge is 0.347 e. The Hall–Kier alpha value is -0.240. The van der Waals surface area contributed by atoms with Gasteiger partial charge < -0.3 is 18.9 Å². The van der Waals surface area contributed by atoms with Crippen molar-refractivity contribution in [2.75, 3.05) is 28.4 Å². The predicted octanol–water partition coefficient (Wildman–Crippen LogP) is 0.432. The third-order valence-electron chi connectivity index (χ3n) is 1.99. The lowest BCUT2D eigenvalue weighted by Crippen LogP contribution is -2.58. The van der Waals surface area contributed by atoms with E-state index in [4.69, 9.17) is 24.2 Å². The van der Waals surface area contributed by atoms with Crippen molar-refractivity contribution in [3.8, 4) is 0 Å². The van der Waals surface area contributed by atoms with E-state index in [1.54, 1.807) is 0 Å². The molecule has 0 aliphatic carbocycles. The average molecular weight is 196 g/mol. The van der Waals surface area contributed by atoms with Gasteiger partial charge >= 0.3 is 5.97 Å². The van der Waals surface area contributed by atoms with Gasteiger partial charge in [0.05, 0.1) is 0 Å². The van der Waals surface area contributed by atoms with Crippen LogP contribution in [0.15, 0.2) is 0 Å². The maximum Gasteiger partial charge on any atom is 0.366 e. The molecule has 80 valence electrons. The molecule has 0 aromatic rings. The normalized spacial score (nSPS) is 13.4. The molecule has 0 aliphatic rings. The number of hydrogen-bond donors (Lipinski definition) is 1. The van der Waals surface area contributed by atoms with Gasteiger partial charge in [-0.1, -0.05) is 0 Å². The largest absolute Gasteiger partial charge is 0.366 e. The van der Waals surface area contributed by atoms with Gasteiger partial charge in [0.1, 0.15) is 0 Å². The Bertz CT molecular complexity index is 132. The second-order valence-electron chi connectivity index (χ2n) is 2.41. The van der Waals surface area contributed by atoms with Gasteiger partial charge in [0.25, 0.3) is 5.79 Å². The Balaban J connectivity index is 4.87. The van der Waals surface area contributed by atoms with Gasteiger partial charge in [0, 0.05) is 28.4 Å². The van der Waals surface area contributed by atoms with Crippen LogP contribution in [0.3, 0.4) is 0 Å². The van der Waals surface area contributed by atoms with E-state index in [-0.39, 0.29) is 0 Å². The summed E-state index contributed by atoms with van der Waals surface area (Å²) in [7, 11) is 5.32. The number of methoxy groups -OCH3 is 4. The van der Waals surface area contributed by atoms with E-state index in [0.717, 1.165) is 0 Å². The molecule has 6 nitrogen and oxygen atoms in total. The van der Waals surface area contributed by atoms with Gasteiger partial charge in [0.15, 0.2) is 0 Å². The Morgan fingerprint density at radius 3 is 1.31 bits per heavy atom. The molecule has 13 heavy (non-hydrogen) atoms. The molecule has 0 spiro atoms. The second kappa shape index (κ2) is 4.85. The molecule has 6 heteroatoms. The molecule has 0 radical (unpaired) electrons. The quantitative estimate of drug-likeness (QED) is 0.377. The minimum Gasteiger partial charge on any atom is -0.347 e. The Kier molecular flexibility index (Phi) is 4.76. The average Bonchev–Trinajstić information content (AvgIpc) is 2.20. The fraction of sp³-hybridized carbons (Fsp3) is 1.00. The van der Waals surface area contributed by atoms with Crippen LogP contribution in [0, 0.1) is 0 Å². The van der Waals surface area contributed by atoms with E-state index < -0.39 is 11.8 Å². The van der Waals surface area contributed by atoms with Gasteiger partial charge in [-0.25, -0.2) is 5.26 Å². The molecule has 0 aromatic carbocycles. The van der Waals surface area contributed by atoms with E-state index >= 15 is 0 Å². The highest BCUT2D eigenvalue weighted by molar-refractivity contribution is 4.74. The summed E-state index contributed by atoms with van der Waals surface area (Å²) < 4.78 is 19.6. The van der Waals surface area contributed by atoms with Gasteiger partial charge in [-0.2, -0.15) is 4.89 Å². The molecule has 0 unspecified atom stereocenters. The van der Waals surface area contributed by atoms with Crippen molar-refractivity contribution in [3.63, 3.8) is 0 Å². The van der Waals surface area contributed by atoms with Crippen molar-refractivity contribution in [1.29, 1.82) is 0 Å². The van der Waals surface area contributed by atoms with Gasteiger partial charge in [-0.05, 0) is 6.92 Å². The maximum absolute atomic E-state index is 8.66. The Morgan fingerprint density at radius 1 is 0.846 bits per heavy atom. The van der Waals surface area contributed by atoms with Crippen LogP contribution in [-0.4, -0.2) is 45.5 Å². The van der Waals surface area contributed by atoms with Gasteiger partial charge in [-0.15, -0.1) is 0 Å². The summed E-state index contributed by atoms with van der Waals surface area (Å²) in [5.41, 5.74) is 0. The van der Waals surface area contributed by atoms with E-state index in [1.165, 1.54) is 35.4 Å². The molecule has 0 rings (SSSR count). The van der Waals surface area contributed by atoms with Gasteiger partial charge in [0.2, 0.25) is 0 Å². The van der Waals surface area contributed by atoms with Crippen molar-refractivity contribution in [2.45, 2.75) is 18.7 Å². The summed E-state index contributed by atoms with van der Waals surface area (Å²) in [4.78, 5) is 4.09. The van der Waals surface area contributed by atoms with Crippen molar-refractivity contribution in [2.24, 2.45) is 0 Å². The van der Waals surface area contributed by atoms with E-state index in [9.17, 15) is 0 Å². The Labute approximate surface area is 77.2 Å². The molecule has 0 aromatic heterocycles. The zero-order chi connectivity index (χ0) is 10.5. The highest BCUT2D eigenvalue weighted by Crippen LogP contribution is 2.30. The first-order chi connectivity index (χ1) is 6.05. The molecule has 0 amide bonds. The number of hydrogen-bond acceptors (Lipinski definition) is 6. The van der Waals surface area contributed by atoms with Crippen molar-refractivity contribution < 1.29 is 29.1 Å². The van der Waals surface area contributed by atoms with Crippen LogP contribution in [-0.2, 0) is 23.8 Å². The molecule has 0 atom stereocenters. The summed E-state index contributed by atoms with van der Waals surface area (Å²) in [6.07, 6.45) is 0. The zero-order valence-corrected chi connectivity index (χ0v) is 8.49. The molecule has 0 aliphatic heterocycles. The SMILES string of the molecule is COC(C)(OC)C(OC)(OC)OO. The lowest BCUT2D eigenvalue weighted by atomic mass is 10.2. The highest BCUT2D eigenvalue weighted by Gasteiger charge is 2.54. The van der Waals surface area contributed by atoms with Crippen LogP contribution in [0.5, 0.6) is 0 Å². The fourth-order valence-corrected chi connectivity index (χ4v) is 0.945. The first-order valence-corrected chi connectivity index (χ1v) is 3.59. The minimum absolute atomic E-state index is 1.29. The zero-order valence-electron chi connectivity index (χ0n) is 8.49. The van der Waals surface area contributed by atoms with E-state index in [0.29, 0.717) is 0 Å². The molecule has 1 N–H and O–H groups in total. The van der Waals surface area contributed by atoms with Gasteiger partial charge in [-0.3, -0.25) is 0 Å². The predicted molar refractivity (Wildman–Crippen MR) is 42.9 cm³/mol. The third-order valence-corrected chi connectivity index (χ3v) is 1.99. The van der Waals surface area contributed by atoms with E-state index in [2.05, 4.69) is 4.89 Å². The molecular weight excluding hydrogens is 180 g/mol. The van der Waals surface area contributed by atoms with Crippen molar-refractivity contribution >= 4 is 0 Å². The second-order valence-corrected chi connectivity index (χ2v) is 2.41. The third kappa shape index (κ3) is 1.98. The van der Waals surface area contributed by atoms with Crippen molar-refractivity contribution in [1.82, 2.24) is 0 Å². The topological polar surface area (TPSA) is 66.4 Å². The van der Waals surface area contributed by atoms with Crippen LogP contribution >= 0.6 is 0 Å². The Morgan fingerprint density at radius 2 is 1.23 bits per heavy atom. The first-order valence-electron chi connectivity index (χ1n) is 3.59. The highest BCUT2D eigenvalue weighted by atomic mass is 17.2. The van der Waals surface area contributed by atoms with Crippen LogP contribution in [0.4, 0.5) is 0 Å². The molecule has 0 fully saturated rings. The monoisotopic (exact) mass is 196 g/mol. The first kappa shape index (κ1) is 12.8. The van der Waals surface area contributed by atoms with E-state index in [1.807, 2.05) is 0 Å². The fourth-order valence-electron chi connectivity index (χ4n) is 0.945. The number of rotatable bonds is 6. The summed E-state index contributed by atoms with van der Waals surface area (Å²) in [6, 6.07) is 0. The summed E-state index contributed by atoms with van der Waals surface area (Å²) in [6.45, 7) is 1.50. The van der Waals surface area contributed by atoms with Crippen LogP contribution in [0.1, 0.15) is 6.92 Å². The van der Waals surface area contributed by atoms with Crippen LogP contribution in [0.25, 0.3) is 0 Å². The molecule has 0 heterocycles. The lowest BCUT2D eigenvalue weighted by molar-refractivity contribution is -0.551. The number of ether oxygens (including phenoxy) is 4. The van der Waals surface area contributed by atoms with Crippen molar-refractivity contribution in [3.05, 3.63) is 0 Å². The maximum atomic E-state index is 8.66. The van der Waals surface area contributed by atoms with Crippen LogP contribution in [0.2, 0.25) is 0 Å². The minimum atomic E-state index is -1.81. The summed E-state index contributed by atoms with van der Waals surface area (Å²) >= 11 is 0. The molecule has 0 saturated carbocycles. The molecular formula is C7H16O6. The molecule has 0 bridgehead atoms. The summed E-state index contributed by atoms with van der Waals surface area (Å²) in [5.74, 6) is -3.18. The summed E-state index contributed by atoms with van der Waals surface area (Å²) in [5, 5.41) is 8.66.